The predicted molar refractivity (Wildman–Crippen MR) is 84.5 cm³/mol. The zero-order valence-electron chi connectivity index (χ0n) is 10.3. The summed E-state index contributed by atoms with van der Waals surface area (Å²) in [5.74, 6) is -0.548. The third-order valence-corrected chi connectivity index (χ3v) is 4.32. The van der Waals surface area contributed by atoms with Crippen LogP contribution in [0.2, 0.25) is 0 Å². The minimum absolute atomic E-state index is 0.110. The molecule has 2 aromatic carbocycles. The standard InChI is InChI=1S/C13H8Br2FNO3S/c14-9-5-8(6-10(15)7-9)13(18)17-11-3-1-2-4-12(11)21(16,19)20/h1-7H,(H,17,18). The first kappa shape index (κ1) is 16.1. The van der Waals surface area contributed by atoms with Gasteiger partial charge >= 0.3 is 10.2 Å². The maximum absolute atomic E-state index is 13.2. The lowest BCUT2D eigenvalue weighted by Crippen LogP contribution is -2.14. The van der Waals surface area contributed by atoms with Crippen LogP contribution in [0, 0.1) is 0 Å². The Morgan fingerprint density at radius 3 is 2.19 bits per heavy atom. The number of amides is 1. The van der Waals surface area contributed by atoms with E-state index in [1.807, 2.05) is 0 Å². The summed E-state index contributed by atoms with van der Waals surface area (Å²) < 4.78 is 36.6. The number of carbonyl (C=O) groups excluding carboxylic acids is 1. The molecular weight excluding hydrogens is 429 g/mol. The predicted octanol–water partition coefficient (Wildman–Crippen LogP) is 4.12. The number of carbonyl (C=O) groups is 1. The Balaban J connectivity index is 2.37. The highest BCUT2D eigenvalue weighted by Gasteiger charge is 2.18. The molecule has 0 fully saturated rings. The number of anilines is 1. The molecule has 0 bridgehead atoms. The number of hydrogen-bond donors (Lipinski definition) is 1. The van der Waals surface area contributed by atoms with Gasteiger partial charge in [-0.15, -0.1) is 3.89 Å². The van der Waals surface area contributed by atoms with Crippen LogP contribution in [0.15, 0.2) is 56.3 Å². The van der Waals surface area contributed by atoms with E-state index in [-0.39, 0.29) is 5.69 Å². The van der Waals surface area contributed by atoms with Crippen LogP contribution >= 0.6 is 31.9 Å². The van der Waals surface area contributed by atoms with E-state index in [1.165, 1.54) is 18.2 Å². The van der Waals surface area contributed by atoms with Crippen molar-refractivity contribution in [3.05, 3.63) is 57.0 Å². The smallest absolute Gasteiger partial charge is 0.321 e. The van der Waals surface area contributed by atoms with Crippen LogP contribution < -0.4 is 5.32 Å². The minimum Gasteiger partial charge on any atom is -0.321 e. The quantitative estimate of drug-likeness (QED) is 0.736. The summed E-state index contributed by atoms with van der Waals surface area (Å²) >= 11 is 6.49. The molecule has 0 saturated heterocycles. The van der Waals surface area contributed by atoms with Gasteiger partial charge in [0, 0.05) is 14.5 Å². The maximum Gasteiger partial charge on any atom is 0.334 e. The van der Waals surface area contributed by atoms with Crippen LogP contribution in [-0.2, 0) is 10.2 Å². The number of para-hydroxylation sites is 1. The number of nitrogens with one attached hydrogen (secondary N) is 1. The van der Waals surface area contributed by atoms with Crippen molar-refractivity contribution in [1.29, 1.82) is 0 Å². The molecule has 1 N–H and O–H groups in total. The Morgan fingerprint density at radius 2 is 1.62 bits per heavy atom. The Hall–Kier alpha value is -1.25. The summed E-state index contributed by atoms with van der Waals surface area (Å²) in [4.78, 5) is 11.6. The summed E-state index contributed by atoms with van der Waals surface area (Å²) in [6.07, 6.45) is 0. The van der Waals surface area contributed by atoms with Crippen LogP contribution in [0.5, 0.6) is 0 Å². The molecule has 0 aromatic heterocycles. The fraction of sp³-hybridized carbons (Fsp3) is 0. The first-order valence-electron chi connectivity index (χ1n) is 5.58. The van der Waals surface area contributed by atoms with Gasteiger partial charge in [-0.25, -0.2) is 0 Å². The van der Waals surface area contributed by atoms with Crippen molar-refractivity contribution in [1.82, 2.24) is 0 Å². The molecule has 0 saturated carbocycles. The number of hydrogen-bond acceptors (Lipinski definition) is 3. The lowest BCUT2D eigenvalue weighted by molar-refractivity contribution is 0.102. The molecule has 2 aromatic rings. The molecule has 0 radical (unpaired) electrons. The molecule has 110 valence electrons. The summed E-state index contributed by atoms with van der Waals surface area (Å²) in [6, 6.07) is 10.1. The van der Waals surface area contributed by atoms with Gasteiger partial charge in [-0.2, -0.15) is 8.42 Å². The molecule has 0 atom stereocenters. The first-order valence-corrected chi connectivity index (χ1v) is 8.55. The van der Waals surface area contributed by atoms with E-state index >= 15 is 0 Å². The summed E-state index contributed by atoms with van der Waals surface area (Å²) in [5.41, 5.74) is 0.184. The second-order valence-electron chi connectivity index (χ2n) is 4.05. The van der Waals surface area contributed by atoms with Gasteiger partial charge in [0.15, 0.2) is 0 Å². The van der Waals surface area contributed by atoms with Gasteiger partial charge in [0.2, 0.25) is 0 Å². The van der Waals surface area contributed by atoms with Crippen molar-refractivity contribution >= 4 is 53.7 Å². The van der Waals surface area contributed by atoms with Crippen LogP contribution in [-0.4, -0.2) is 14.3 Å². The van der Waals surface area contributed by atoms with E-state index in [1.54, 1.807) is 18.2 Å². The van der Waals surface area contributed by atoms with Crippen LogP contribution in [0.1, 0.15) is 10.4 Å². The first-order chi connectivity index (χ1) is 9.77. The highest BCUT2D eigenvalue weighted by atomic mass is 79.9. The van der Waals surface area contributed by atoms with Gasteiger partial charge in [0.25, 0.3) is 5.91 Å². The lowest BCUT2D eigenvalue weighted by atomic mass is 10.2. The fourth-order valence-electron chi connectivity index (χ4n) is 1.66. The third-order valence-electron chi connectivity index (χ3n) is 2.52. The van der Waals surface area contributed by atoms with Gasteiger partial charge in [0.05, 0.1) is 5.69 Å². The monoisotopic (exact) mass is 435 g/mol. The summed E-state index contributed by atoms with van der Waals surface area (Å²) in [6.45, 7) is 0. The average molecular weight is 437 g/mol. The second kappa shape index (κ2) is 6.25. The number of halogens is 3. The summed E-state index contributed by atoms with van der Waals surface area (Å²) in [5, 5.41) is 2.39. The Bertz CT molecular complexity index is 789. The maximum atomic E-state index is 13.2. The molecule has 0 aliphatic heterocycles. The van der Waals surface area contributed by atoms with Gasteiger partial charge in [-0.05, 0) is 30.3 Å². The molecule has 4 nitrogen and oxygen atoms in total. The van der Waals surface area contributed by atoms with Crippen molar-refractivity contribution in [3.63, 3.8) is 0 Å². The van der Waals surface area contributed by atoms with Gasteiger partial charge in [-0.1, -0.05) is 44.0 Å². The molecule has 0 unspecified atom stereocenters. The van der Waals surface area contributed by atoms with Gasteiger partial charge in [-0.3, -0.25) is 4.79 Å². The third kappa shape index (κ3) is 4.12. The van der Waals surface area contributed by atoms with Crippen LogP contribution in [0.3, 0.4) is 0 Å². The molecule has 2 rings (SSSR count). The number of benzene rings is 2. The Kier molecular flexibility index (Phi) is 4.80. The van der Waals surface area contributed by atoms with Crippen molar-refractivity contribution < 1.29 is 17.1 Å². The van der Waals surface area contributed by atoms with Crippen LogP contribution in [0.4, 0.5) is 9.57 Å². The topological polar surface area (TPSA) is 63.2 Å². The summed E-state index contributed by atoms with van der Waals surface area (Å²) in [7, 11) is -4.91. The molecule has 0 heterocycles. The second-order valence-corrected chi connectivity index (χ2v) is 7.19. The Morgan fingerprint density at radius 1 is 1.05 bits per heavy atom. The number of rotatable bonds is 3. The lowest BCUT2D eigenvalue weighted by Gasteiger charge is -2.09. The SMILES string of the molecule is O=C(Nc1ccccc1S(=O)(=O)F)c1cc(Br)cc(Br)c1. The van der Waals surface area contributed by atoms with E-state index < -0.39 is 21.0 Å². The average Bonchev–Trinajstić information content (AvgIpc) is 2.37. The van der Waals surface area contributed by atoms with Crippen molar-refractivity contribution in [2.45, 2.75) is 4.90 Å². The van der Waals surface area contributed by atoms with Gasteiger partial charge < -0.3 is 5.32 Å². The minimum atomic E-state index is -4.91. The van der Waals surface area contributed by atoms with Crippen molar-refractivity contribution in [2.24, 2.45) is 0 Å². The Labute approximate surface area is 137 Å². The fourth-order valence-corrected chi connectivity index (χ4v) is 3.58. The van der Waals surface area contributed by atoms with Crippen molar-refractivity contribution in [2.75, 3.05) is 5.32 Å². The molecule has 1 amide bonds. The zero-order valence-corrected chi connectivity index (χ0v) is 14.3. The largest absolute Gasteiger partial charge is 0.334 e. The molecular formula is C13H8Br2FNO3S. The van der Waals surface area contributed by atoms with E-state index in [0.29, 0.717) is 14.5 Å². The van der Waals surface area contributed by atoms with E-state index in [9.17, 15) is 17.1 Å². The van der Waals surface area contributed by atoms with Crippen molar-refractivity contribution in [3.8, 4) is 0 Å². The highest BCUT2D eigenvalue weighted by Crippen LogP contribution is 2.25. The normalized spacial score (nSPS) is 11.2. The van der Waals surface area contributed by atoms with E-state index in [2.05, 4.69) is 37.2 Å². The van der Waals surface area contributed by atoms with Gasteiger partial charge in [0.1, 0.15) is 4.90 Å². The molecule has 21 heavy (non-hydrogen) atoms. The highest BCUT2D eigenvalue weighted by molar-refractivity contribution is 9.11. The molecule has 0 aliphatic carbocycles. The molecule has 0 spiro atoms. The van der Waals surface area contributed by atoms with E-state index in [4.69, 9.17) is 0 Å². The van der Waals surface area contributed by atoms with E-state index in [0.717, 1.165) is 6.07 Å². The molecule has 0 aliphatic rings. The molecule has 8 heteroatoms. The zero-order chi connectivity index (χ0) is 15.6. The van der Waals surface area contributed by atoms with Crippen LogP contribution in [0.25, 0.3) is 0 Å².